The van der Waals surface area contributed by atoms with Gasteiger partial charge in [-0.2, -0.15) is 0 Å². The molecule has 0 amide bonds. The van der Waals surface area contributed by atoms with Crippen molar-refractivity contribution in [3.8, 4) is 0 Å². The Labute approximate surface area is 54.2 Å². The van der Waals surface area contributed by atoms with E-state index in [2.05, 4.69) is 0 Å². The first-order valence-electron chi connectivity index (χ1n) is 3.15. The van der Waals surface area contributed by atoms with Crippen molar-refractivity contribution in [2.75, 3.05) is 6.61 Å². The van der Waals surface area contributed by atoms with Crippen LogP contribution in [0.25, 0.3) is 0 Å². The Balaban J connectivity index is 2.48. The Morgan fingerprint density at radius 2 is 2.56 bits per heavy atom. The summed E-state index contributed by atoms with van der Waals surface area (Å²) >= 11 is 0. The van der Waals surface area contributed by atoms with Crippen LogP contribution in [-0.4, -0.2) is 17.5 Å². The number of carbonyl (C=O) groups excluding carboxylic acids is 1. The topological polar surface area (TPSA) is 37.3 Å². The number of allylic oxidation sites excluding steroid dienone is 1. The molecule has 0 spiro atoms. The second-order valence-electron chi connectivity index (χ2n) is 2.31. The van der Waals surface area contributed by atoms with E-state index < -0.39 is 0 Å². The van der Waals surface area contributed by atoms with Crippen LogP contribution in [0.15, 0.2) is 12.2 Å². The quantitative estimate of drug-likeness (QED) is 0.556. The minimum Gasteiger partial charge on any atom is -0.396 e. The van der Waals surface area contributed by atoms with Gasteiger partial charge >= 0.3 is 0 Å². The molecule has 0 fully saturated rings. The van der Waals surface area contributed by atoms with Gasteiger partial charge in [-0.25, -0.2) is 0 Å². The van der Waals surface area contributed by atoms with Crippen LogP contribution >= 0.6 is 0 Å². The van der Waals surface area contributed by atoms with Crippen molar-refractivity contribution < 1.29 is 9.90 Å². The van der Waals surface area contributed by atoms with E-state index >= 15 is 0 Å². The van der Waals surface area contributed by atoms with Crippen LogP contribution in [-0.2, 0) is 4.79 Å². The van der Waals surface area contributed by atoms with Crippen molar-refractivity contribution >= 4 is 5.78 Å². The van der Waals surface area contributed by atoms with E-state index in [9.17, 15) is 4.79 Å². The summed E-state index contributed by atoms with van der Waals surface area (Å²) < 4.78 is 0. The monoisotopic (exact) mass is 126 g/mol. The minimum absolute atomic E-state index is 0.170. The highest BCUT2D eigenvalue weighted by molar-refractivity contribution is 5.90. The van der Waals surface area contributed by atoms with E-state index in [0.29, 0.717) is 6.42 Å². The maximum absolute atomic E-state index is 10.6. The number of ketones is 1. The molecule has 0 bridgehead atoms. The summed E-state index contributed by atoms with van der Waals surface area (Å²) in [6, 6.07) is 0. The molecule has 0 aromatic rings. The van der Waals surface area contributed by atoms with E-state index in [1.807, 2.05) is 0 Å². The summed E-state index contributed by atoms with van der Waals surface area (Å²) in [5.41, 5.74) is 0. The predicted octanol–water partition coefficient (Wildman–Crippen LogP) is 0.514. The van der Waals surface area contributed by atoms with Gasteiger partial charge in [-0.15, -0.1) is 0 Å². The number of hydrogen-bond donors (Lipinski definition) is 1. The van der Waals surface area contributed by atoms with Gasteiger partial charge in [0.15, 0.2) is 5.78 Å². The Hall–Kier alpha value is -0.630. The standard InChI is InChI=1S/C7H10O2/c8-5-6-1-3-7(9)4-2-6/h1,3,6,8H,2,4-5H2/t6-/m0/s1. The molecule has 0 unspecified atom stereocenters. The molecule has 0 aromatic heterocycles. The summed E-state index contributed by atoms with van der Waals surface area (Å²) in [5, 5.41) is 8.61. The SMILES string of the molecule is O=C1C=C[C@H](CO)CC1. The van der Waals surface area contributed by atoms with Crippen molar-refractivity contribution in [2.24, 2.45) is 5.92 Å². The summed E-state index contributed by atoms with van der Waals surface area (Å²) in [7, 11) is 0. The van der Waals surface area contributed by atoms with Gasteiger partial charge in [0.2, 0.25) is 0 Å². The zero-order valence-corrected chi connectivity index (χ0v) is 5.21. The molecule has 0 radical (unpaired) electrons. The number of rotatable bonds is 1. The van der Waals surface area contributed by atoms with E-state index in [-0.39, 0.29) is 18.3 Å². The van der Waals surface area contributed by atoms with Crippen molar-refractivity contribution in [1.82, 2.24) is 0 Å². The summed E-state index contributed by atoms with van der Waals surface area (Å²) in [6.07, 6.45) is 4.75. The largest absolute Gasteiger partial charge is 0.396 e. The fourth-order valence-electron chi connectivity index (χ4n) is 0.903. The highest BCUT2D eigenvalue weighted by Crippen LogP contribution is 2.13. The average Bonchev–Trinajstić information content (AvgIpc) is 1.90. The molecular weight excluding hydrogens is 116 g/mol. The summed E-state index contributed by atoms with van der Waals surface area (Å²) in [5.74, 6) is 0.405. The van der Waals surface area contributed by atoms with Gasteiger partial charge in [-0.1, -0.05) is 6.08 Å². The number of carbonyl (C=O) groups is 1. The molecule has 1 atom stereocenters. The third-order valence-electron chi connectivity index (χ3n) is 1.55. The van der Waals surface area contributed by atoms with Crippen LogP contribution in [0.1, 0.15) is 12.8 Å². The van der Waals surface area contributed by atoms with Crippen molar-refractivity contribution in [1.29, 1.82) is 0 Å². The maximum atomic E-state index is 10.6. The lowest BCUT2D eigenvalue weighted by Gasteiger charge is -2.10. The van der Waals surface area contributed by atoms with Crippen LogP contribution in [0.3, 0.4) is 0 Å². The number of aliphatic hydroxyl groups is 1. The lowest BCUT2D eigenvalue weighted by Crippen LogP contribution is -2.10. The molecule has 9 heavy (non-hydrogen) atoms. The minimum atomic E-state index is 0.170. The Morgan fingerprint density at radius 3 is 3.00 bits per heavy atom. The highest BCUT2D eigenvalue weighted by Gasteiger charge is 2.10. The second-order valence-corrected chi connectivity index (χ2v) is 2.31. The molecule has 1 aliphatic rings. The molecule has 0 heterocycles. The molecule has 0 aliphatic heterocycles. The van der Waals surface area contributed by atoms with Gasteiger partial charge in [-0.05, 0) is 12.5 Å². The van der Waals surface area contributed by atoms with Gasteiger partial charge in [0, 0.05) is 18.9 Å². The fourth-order valence-corrected chi connectivity index (χ4v) is 0.903. The zero-order chi connectivity index (χ0) is 6.69. The molecule has 2 heteroatoms. The van der Waals surface area contributed by atoms with Gasteiger partial charge in [0.05, 0.1) is 0 Å². The lowest BCUT2D eigenvalue weighted by atomic mass is 9.96. The Bertz CT molecular complexity index is 138. The van der Waals surface area contributed by atoms with E-state index in [1.54, 1.807) is 12.2 Å². The van der Waals surface area contributed by atoms with Crippen molar-refractivity contribution in [3.05, 3.63) is 12.2 Å². The van der Waals surface area contributed by atoms with Crippen molar-refractivity contribution in [3.63, 3.8) is 0 Å². The lowest BCUT2D eigenvalue weighted by molar-refractivity contribution is -0.115. The third kappa shape index (κ3) is 1.64. The summed E-state index contributed by atoms with van der Waals surface area (Å²) in [4.78, 5) is 10.6. The van der Waals surface area contributed by atoms with Gasteiger partial charge in [0.1, 0.15) is 0 Å². The molecule has 1 rings (SSSR count). The predicted molar refractivity (Wildman–Crippen MR) is 34.0 cm³/mol. The molecule has 50 valence electrons. The first-order chi connectivity index (χ1) is 4.33. The summed E-state index contributed by atoms with van der Waals surface area (Å²) in [6.45, 7) is 0.170. The normalized spacial score (nSPS) is 26.8. The molecular formula is C7H10O2. The fraction of sp³-hybridized carbons (Fsp3) is 0.571. The Kier molecular flexibility index (Phi) is 2.01. The average molecular weight is 126 g/mol. The second kappa shape index (κ2) is 2.78. The third-order valence-corrected chi connectivity index (χ3v) is 1.55. The first-order valence-corrected chi connectivity index (χ1v) is 3.15. The molecule has 2 nitrogen and oxygen atoms in total. The zero-order valence-electron chi connectivity index (χ0n) is 5.21. The Morgan fingerprint density at radius 1 is 1.78 bits per heavy atom. The van der Waals surface area contributed by atoms with Gasteiger partial charge in [-0.3, -0.25) is 4.79 Å². The van der Waals surface area contributed by atoms with E-state index in [0.717, 1.165) is 6.42 Å². The van der Waals surface area contributed by atoms with Crippen LogP contribution in [0.5, 0.6) is 0 Å². The van der Waals surface area contributed by atoms with Crippen molar-refractivity contribution in [2.45, 2.75) is 12.8 Å². The van der Waals surface area contributed by atoms with Crippen LogP contribution in [0, 0.1) is 5.92 Å². The van der Waals surface area contributed by atoms with E-state index in [1.165, 1.54) is 0 Å². The van der Waals surface area contributed by atoms with Gasteiger partial charge < -0.3 is 5.11 Å². The molecule has 0 saturated heterocycles. The van der Waals surface area contributed by atoms with Gasteiger partial charge in [0.25, 0.3) is 0 Å². The van der Waals surface area contributed by atoms with E-state index in [4.69, 9.17) is 5.11 Å². The van der Waals surface area contributed by atoms with Crippen LogP contribution in [0.2, 0.25) is 0 Å². The molecule has 0 aromatic carbocycles. The maximum Gasteiger partial charge on any atom is 0.155 e. The number of aliphatic hydroxyl groups excluding tert-OH is 1. The molecule has 0 saturated carbocycles. The number of hydrogen-bond acceptors (Lipinski definition) is 2. The van der Waals surface area contributed by atoms with Crippen LogP contribution in [0.4, 0.5) is 0 Å². The first kappa shape index (κ1) is 6.49. The van der Waals surface area contributed by atoms with Crippen LogP contribution < -0.4 is 0 Å². The highest BCUT2D eigenvalue weighted by atomic mass is 16.3. The smallest absolute Gasteiger partial charge is 0.155 e. The molecule has 1 aliphatic carbocycles. The molecule has 1 N–H and O–H groups in total.